The maximum atomic E-state index is 12.9. The fourth-order valence-electron chi connectivity index (χ4n) is 4.37. The monoisotopic (exact) mass is 611 g/mol. The second-order valence-electron chi connectivity index (χ2n) is 9.65. The van der Waals surface area contributed by atoms with E-state index >= 15 is 0 Å². The van der Waals surface area contributed by atoms with Gasteiger partial charge in [-0.15, -0.1) is 10.2 Å². The number of ether oxygens (including phenoxy) is 1. The molecule has 210 valence electrons. The molecule has 0 atom stereocenters. The van der Waals surface area contributed by atoms with Gasteiger partial charge >= 0.3 is 0 Å². The van der Waals surface area contributed by atoms with Gasteiger partial charge in [0.2, 0.25) is 15.1 Å². The highest BCUT2D eigenvalue weighted by molar-refractivity contribution is 8.13. The number of fused-ring (bicyclic) bond motifs is 2. The largest absolute Gasteiger partial charge is 0.455 e. The van der Waals surface area contributed by atoms with Gasteiger partial charge in [-0.05, 0) is 78.3 Å². The molecule has 7 nitrogen and oxygen atoms in total. The van der Waals surface area contributed by atoms with Crippen molar-refractivity contribution in [1.29, 1.82) is 0 Å². The molecule has 4 aromatic carbocycles. The van der Waals surface area contributed by atoms with Crippen LogP contribution in [0.3, 0.4) is 0 Å². The molecular weight excluding hydrogens is 587 g/mol. The van der Waals surface area contributed by atoms with E-state index < -0.39 is 10.0 Å². The van der Waals surface area contributed by atoms with Crippen molar-refractivity contribution in [3.8, 4) is 22.8 Å². The summed E-state index contributed by atoms with van der Waals surface area (Å²) in [6.45, 7) is 1.50. The Hall–Kier alpha value is -3.96. The minimum Gasteiger partial charge on any atom is -0.455 e. The first-order chi connectivity index (χ1) is 20.3. The second kappa shape index (κ2) is 12.1. The molecule has 1 N–H and O–H groups in total. The van der Waals surface area contributed by atoms with Gasteiger partial charge in [-0.3, -0.25) is 4.79 Å². The number of sulfonamides is 1. The Morgan fingerprint density at radius 1 is 0.857 bits per heavy atom. The van der Waals surface area contributed by atoms with Crippen LogP contribution in [0.5, 0.6) is 11.5 Å². The van der Waals surface area contributed by atoms with Gasteiger partial charge in [0.05, 0.1) is 26.9 Å². The molecule has 1 aliphatic rings. The molecule has 6 rings (SSSR count). The van der Waals surface area contributed by atoms with Gasteiger partial charge in [0.1, 0.15) is 16.5 Å². The molecule has 0 saturated heterocycles. The number of nitrogens with zero attached hydrogens (tertiary/aromatic N) is 2. The first kappa shape index (κ1) is 28.2. The molecule has 0 amide bonds. The molecule has 1 aromatic heterocycles. The van der Waals surface area contributed by atoms with Crippen LogP contribution in [0.25, 0.3) is 11.3 Å². The van der Waals surface area contributed by atoms with E-state index in [-0.39, 0.29) is 16.6 Å². The number of nitrogens with one attached hydrogen (secondary N) is 1. The number of hydrogen-bond acceptors (Lipinski definition) is 8. The fraction of sp³-hybridized carbons (Fsp3) is 0.0938. The Labute approximate surface area is 252 Å². The van der Waals surface area contributed by atoms with Crippen LogP contribution in [0.1, 0.15) is 16.7 Å². The summed E-state index contributed by atoms with van der Waals surface area (Å²) in [5.74, 6) is 1.62. The highest BCUT2D eigenvalue weighted by atomic mass is 32.2. The summed E-state index contributed by atoms with van der Waals surface area (Å²) in [6.07, 6.45) is 0.532. The third-order valence-corrected chi connectivity index (χ3v) is 9.97. The van der Waals surface area contributed by atoms with Crippen molar-refractivity contribution in [2.45, 2.75) is 33.1 Å². The summed E-state index contributed by atoms with van der Waals surface area (Å²) in [5.41, 5.74) is 4.36. The second-order valence-corrected chi connectivity index (χ2v) is 13.5. The highest BCUT2D eigenvalue weighted by Crippen LogP contribution is 2.47. The van der Waals surface area contributed by atoms with E-state index in [0.29, 0.717) is 17.1 Å². The smallest absolute Gasteiger partial charge is 0.240 e. The van der Waals surface area contributed by atoms with Crippen LogP contribution >= 0.6 is 23.5 Å². The summed E-state index contributed by atoms with van der Waals surface area (Å²) in [7, 11) is -3.82. The number of thioether (sulfide) groups is 1. The maximum absolute atomic E-state index is 12.9. The van der Waals surface area contributed by atoms with Gasteiger partial charge in [-0.2, -0.15) is 0 Å². The van der Waals surface area contributed by atoms with Crippen molar-refractivity contribution in [1.82, 2.24) is 14.9 Å². The lowest BCUT2D eigenvalue weighted by Gasteiger charge is -2.20. The molecule has 42 heavy (non-hydrogen) atoms. The lowest BCUT2D eigenvalue weighted by Crippen LogP contribution is -2.28. The summed E-state index contributed by atoms with van der Waals surface area (Å²) < 4.78 is 33.8. The van der Waals surface area contributed by atoms with Crippen LogP contribution in [0.15, 0.2) is 123 Å². The number of rotatable bonds is 8. The predicted octanol–water partition coefficient (Wildman–Crippen LogP) is 6.90. The van der Waals surface area contributed by atoms with Crippen molar-refractivity contribution < 1.29 is 17.9 Å². The van der Waals surface area contributed by atoms with E-state index in [0.717, 1.165) is 55.3 Å². The van der Waals surface area contributed by atoms with Crippen molar-refractivity contribution in [2.24, 2.45) is 0 Å². The number of aryl methyl sites for hydroxylation is 1. The first-order valence-corrected chi connectivity index (χ1v) is 16.2. The molecule has 0 unspecified atom stereocenters. The average molecular weight is 612 g/mol. The van der Waals surface area contributed by atoms with Crippen LogP contribution in [0.4, 0.5) is 0 Å². The zero-order chi connectivity index (χ0) is 29.1. The molecule has 5 aromatic rings. The van der Waals surface area contributed by atoms with Gasteiger partial charge < -0.3 is 4.74 Å². The van der Waals surface area contributed by atoms with Crippen molar-refractivity contribution in [3.05, 3.63) is 120 Å². The predicted molar refractivity (Wildman–Crippen MR) is 165 cm³/mol. The van der Waals surface area contributed by atoms with Crippen LogP contribution in [-0.2, 0) is 21.2 Å². The highest BCUT2D eigenvalue weighted by Gasteiger charge is 2.21. The number of hydrogen-bond donors (Lipinski definition) is 1. The fourth-order valence-corrected chi connectivity index (χ4v) is 7.14. The number of para-hydroxylation sites is 1. The Kier molecular flexibility index (Phi) is 8.12. The Morgan fingerprint density at radius 2 is 1.60 bits per heavy atom. The summed E-state index contributed by atoms with van der Waals surface area (Å²) in [5, 5.41) is 8.93. The van der Waals surface area contributed by atoms with E-state index in [1.165, 1.54) is 12.1 Å². The molecule has 0 bridgehead atoms. The van der Waals surface area contributed by atoms with Crippen LogP contribution in [0, 0.1) is 6.92 Å². The SMILES string of the molecule is Cc1ccc(S(=O)(=O)NCC(=O)Sc2nnc(-c3ccc4c(c3)Sc3ccccc3O4)cc2Cc2ccccc2)cc1. The van der Waals surface area contributed by atoms with Gasteiger partial charge in [0.25, 0.3) is 0 Å². The third-order valence-electron chi connectivity index (χ3n) is 6.55. The lowest BCUT2D eigenvalue weighted by molar-refractivity contribution is -0.110. The molecule has 0 radical (unpaired) electrons. The van der Waals surface area contributed by atoms with Crippen molar-refractivity contribution in [3.63, 3.8) is 0 Å². The Balaban J connectivity index is 1.24. The molecule has 0 fully saturated rings. The molecule has 2 heterocycles. The Bertz CT molecular complexity index is 1880. The quantitative estimate of drug-likeness (QED) is 0.186. The van der Waals surface area contributed by atoms with Gasteiger partial charge in [-0.1, -0.05) is 71.9 Å². The molecule has 10 heteroatoms. The lowest BCUT2D eigenvalue weighted by atomic mass is 10.0. The molecule has 0 saturated carbocycles. The minimum absolute atomic E-state index is 0.108. The van der Waals surface area contributed by atoms with Gasteiger partial charge in [0, 0.05) is 12.0 Å². The van der Waals surface area contributed by atoms with Crippen LogP contribution < -0.4 is 9.46 Å². The zero-order valence-corrected chi connectivity index (χ0v) is 24.9. The van der Waals surface area contributed by atoms with Crippen molar-refractivity contribution >= 4 is 38.7 Å². The third kappa shape index (κ3) is 6.42. The van der Waals surface area contributed by atoms with Gasteiger partial charge in [0.15, 0.2) is 0 Å². The standard InChI is InChI=1S/C32H25N3O4S3/c1-21-11-14-25(15-12-21)42(37,38)33-20-31(36)41-32-24(17-22-7-3-2-4-8-22)18-26(34-35-32)23-13-16-28-30(19-23)40-29-10-6-5-9-27(29)39-28/h2-16,18-19,33H,17,20H2,1H3. The number of aromatic nitrogens is 2. The average Bonchev–Trinajstić information content (AvgIpc) is 3.00. The van der Waals surface area contributed by atoms with Crippen molar-refractivity contribution in [2.75, 3.05) is 6.54 Å². The van der Waals surface area contributed by atoms with E-state index in [1.807, 2.05) is 85.8 Å². The molecule has 0 aliphatic carbocycles. The first-order valence-electron chi connectivity index (χ1n) is 13.1. The minimum atomic E-state index is -3.82. The maximum Gasteiger partial charge on any atom is 0.240 e. The number of carbonyl (C=O) groups is 1. The summed E-state index contributed by atoms with van der Waals surface area (Å²) in [4.78, 5) is 15.0. The Morgan fingerprint density at radius 3 is 2.40 bits per heavy atom. The summed E-state index contributed by atoms with van der Waals surface area (Å²) >= 11 is 2.52. The van der Waals surface area contributed by atoms with E-state index in [2.05, 4.69) is 14.9 Å². The van der Waals surface area contributed by atoms with E-state index in [4.69, 9.17) is 4.74 Å². The molecule has 0 spiro atoms. The van der Waals surface area contributed by atoms with E-state index in [1.54, 1.807) is 23.9 Å². The zero-order valence-electron chi connectivity index (χ0n) is 22.5. The molecule has 1 aliphatic heterocycles. The van der Waals surface area contributed by atoms with Crippen LogP contribution in [-0.4, -0.2) is 30.3 Å². The number of benzene rings is 4. The summed E-state index contributed by atoms with van der Waals surface area (Å²) in [6, 6.07) is 32.1. The number of carbonyl (C=O) groups excluding carboxylic acids is 1. The topological polar surface area (TPSA) is 98.2 Å². The normalized spacial score (nSPS) is 12.2. The van der Waals surface area contributed by atoms with Crippen LogP contribution in [0.2, 0.25) is 0 Å². The molecular formula is C32H25N3O4S3. The van der Waals surface area contributed by atoms with Gasteiger partial charge in [-0.25, -0.2) is 13.1 Å². The van der Waals surface area contributed by atoms with E-state index in [9.17, 15) is 13.2 Å².